The number of nitrogens with one attached hydrogen (secondary N) is 2. The van der Waals surface area contributed by atoms with Crippen LogP contribution >= 0.6 is 0 Å². The summed E-state index contributed by atoms with van der Waals surface area (Å²) in [4.78, 5) is 13.6. The molecular formula is C26H31N3O2. The number of nitrogens with zero attached hydrogens (tertiary/aromatic N) is 1. The molecule has 0 aliphatic carbocycles. The Morgan fingerprint density at radius 1 is 1.23 bits per heavy atom. The zero-order chi connectivity index (χ0) is 22.4. The molecule has 5 heteroatoms. The van der Waals surface area contributed by atoms with E-state index >= 15 is 0 Å². The maximum absolute atomic E-state index is 11.3. The summed E-state index contributed by atoms with van der Waals surface area (Å²) >= 11 is 0. The highest BCUT2D eigenvalue weighted by Gasteiger charge is 2.30. The molecule has 1 aliphatic heterocycles. The molecule has 0 aromatic heterocycles. The van der Waals surface area contributed by atoms with E-state index in [2.05, 4.69) is 28.9 Å². The van der Waals surface area contributed by atoms with Crippen LogP contribution in [0.2, 0.25) is 0 Å². The van der Waals surface area contributed by atoms with Gasteiger partial charge in [-0.2, -0.15) is 0 Å². The highest BCUT2D eigenvalue weighted by molar-refractivity contribution is 6.11. The maximum atomic E-state index is 11.3. The van der Waals surface area contributed by atoms with E-state index in [0.717, 1.165) is 36.5 Å². The van der Waals surface area contributed by atoms with E-state index in [0.29, 0.717) is 17.8 Å². The molecule has 2 aromatic rings. The molecule has 1 fully saturated rings. The second kappa shape index (κ2) is 10.2. The predicted octanol–water partition coefficient (Wildman–Crippen LogP) is 5.28. The van der Waals surface area contributed by atoms with E-state index in [-0.39, 0.29) is 11.8 Å². The molecule has 3 rings (SSSR count). The first-order chi connectivity index (χ1) is 14.8. The average Bonchev–Trinajstić information content (AvgIpc) is 2.75. The van der Waals surface area contributed by atoms with Crippen LogP contribution in [0.25, 0.3) is 5.57 Å². The number of aliphatic carboxylic acids is 1. The van der Waals surface area contributed by atoms with Gasteiger partial charge in [0.25, 0.3) is 0 Å². The fourth-order valence-electron chi connectivity index (χ4n) is 4.02. The number of benzene rings is 2. The van der Waals surface area contributed by atoms with E-state index < -0.39 is 5.97 Å². The third-order valence-corrected chi connectivity index (χ3v) is 5.88. The van der Waals surface area contributed by atoms with Crippen LogP contribution in [0.15, 0.2) is 72.9 Å². The van der Waals surface area contributed by atoms with Gasteiger partial charge in [-0.05, 0) is 60.7 Å². The van der Waals surface area contributed by atoms with Crippen molar-refractivity contribution in [3.8, 4) is 0 Å². The molecule has 2 aromatic carbocycles. The highest BCUT2D eigenvalue weighted by Crippen LogP contribution is 2.25. The number of piperidine rings is 1. The molecule has 0 radical (unpaired) electrons. The maximum Gasteiger partial charge on any atom is 0.306 e. The predicted molar refractivity (Wildman–Crippen MR) is 127 cm³/mol. The van der Waals surface area contributed by atoms with E-state index in [1.165, 1.54) is 5.56 Å². The number of likely N-dealkylation sites (tertiary alicyclic amines) is 1. The molecule has 31 heavy (non-hydrogen) atoms. The van der Waals surface area contributed by atoms with E-state index in [1.807, 2.05) is 62.4 Å². The van der Waals surface area contributed by atoms with Crippen LogP contribution in [-0.4, -0.2) is 34.8 Å². The molecule has 162 valence electrons. The smallest absolute Gasteiger partial charge is 0.306 e. The van der Waals surface area contributed by atoms with Gasteiger partial charge in [-0.1, -0.05) is 56.0 Å². The summed E-state index contributed by atoms with van der Waals surface area (Å²) in [6.45, 7) is 10.4. The Morgan fingerprint density at radius 3 is 2.52 bits per heavy atom. The molecule has 0 amide bonds. The van der Waals surface area contributed by atoms with Gasteiger partial charge in [-0.25, -0.2) is 0 Å². The number of carboxylic acids is 1. The number of anilines is 1. The standard InChI is InChI=1S/C26H31N3O2/c1-18(22-7-5-4-6-8-22)15-25(27)20(3)28-23-11-9-21(10-12-23)17-29-14-13-24(26(30)31)19(2)16-29/h4-12,15,19,24,27-28H,3,13-14,16-17H2,1-2H3,(H,30,31)/b18-15+,27-25?. The fraction of sp³-hybridized carbons (Fsp3) is 0.308. The van der Waals surface area contributed by atoms with Gasteiger partial charge < -0.3 is 10.4 Å². The lowest BCUT2D eigenvalue weighted by Crippen LogP contribution is -2.41. The summed E-state index contributed by atoms with van der Waals surface area (Å²) in [6, 6.07) is 18.1. The quantitative estimate of drug-likeness (QED) is 0.511. The second-order valence-corrected chi connectivity index (χ2v) is 8.35. The van der Waals surface area contributed by atoms with E-state index in [4.69, 9.17) is 5.41 Å². The van der Waals surface area contributed by atoms with Gasteiger partial charge in [0.15, 0.2) is 0 Å². The lowest BCUT2D eigenvalue weighted by molar-refractivity contribution is -0.145. The Bertz CT molecular complexity index is 964. The highest BCUT2D eigenvalue weighted by atomic mass is 16.4. The number of hydrogen-bond acceptors (Lipinski definition) is 4. The Kier molecular flexibility index (Phi) is 7.42. The van der Waals surface area contributed by atoms with Gasteiger partial charge in [0.2, 0.25) is 0 Å². The van der Waals surface area contributed by atoms with Gasteiger partial charge in [0, 0.05) is 18.8 Å². The first-order valence-electron chi connectivity index (χ1n) is 10.7. The SMILES string of the molecule is C=C(Nc1ccc(CN2CCC(C(=O)O)C(C)C2)cc1)C(=N)/C=C(\C)c1ccccc1. The minimum Gasteiger partial charge on any atom is -0.481 e. The van der Waals surface area contributed by atoms with Crippen molar-refractivity contribution in [2.45, 2.75) is 26.8 Å². The van der Waals surface area contributed by atoms with Gasteiger partial charge in [0.1, 0.15) is 0 Å². The second-order valence-electron chi connectivity index (χ2n) is 8.35. The Morgan fingerprint density at radius 2 is 1.90 bits per heavy atom. The molecule has 0 bridgehead atoms. The van der Waals surface area contributed by atoms with Crippen molar-refractivity contribution in [1.82, 2.24) is 4.90 Å². The molecule has 3 N–H and O–H groups in total. The van der Waals surface area contributed by atoms with Crippen LogP contribution < -0.4 is 5.32 Å². The Hall–Kier alpha value is -3.18. The molecule has 1 aliphatic rings. The molecule has 1 saturated heterocycles. The van der Waals surface area contributed by atoms with Gasteiger partial charge in [-0.15, -0.1) is 0 Å². The molecule has 0 saturated carbocycles. The summed E-state index contributed by atoms with van der Waals surface area (Å²) in [5.74, 6) is -0.750. The number of allylic oxidation sites excluding steroid dienone is 2. The average molecular weight is 418 g/mol. The summed E-state index contributed by atoms with van der Waals surface area (Å²) in [7, 11) is 0. The minimum atomic E-state index is -0.679. The normalized spacial score (nSPS) is 19.6. The Balaban J connectivity index is 1.54. The van der Waals surface area contributed by atoms with Crippen LogP contribution in [-0.2, 0) is 11.3 Å². The summed E-state index contributed by atoms with van der Waals surface area (Å²) in [5, 5.41) is 20.8. The molecule has 5 nitrogen and oxygen atoms in total. The van der Waals surface area contributed by atoms with Crippen LogP contribution in [0.1, 0.15) is 31.4 Å². The lowest BCUT2D eigenvalue weighted by atomic mass is 9.87. The Labute approximate surface area is 184 Å². The number of rotatable bonds is 8. The molecule has 0 spiro atoms. The number of carbonyl (C=O) groups is 1. The fourth-order valence-corrected chi connectivity index (χ4v) is 4.02. The van der Waals surface area contributed by atoms with Crippen molar-refractivity contribution in [3.05, 3.63) is 84.1 Å². The summed E-state index contributed by atoms with van der Waals surface area (Å²) < 4.78 is 0. The van der Waals surface area contributed by atoms with Crippen molar-refractivity contribution in [2.75, 3.05) is 18.4 Å². The van der Waals surface area contributed by atoms with Gasteiger partial charge >= 0.3 is 5.97 Å². The topological polar surface area (TPSA) is 76.4 Å². The summed E-state index contributed by atoms with van der Waals surface area (Å²) in [6.07, 6.45) is 2.52. The third-order valence-electron chi connectivity index (χ3n) is 5.88. The largest absolute Gasteiger partial charge is 0.481 e. The summed E-state index contributed by atoms with van der Waals surface area (Å²) in [5.41, 5.74) is 5.08. The zero-order valence-electron chi connectivity index (χ0n) is 18.3. The van der Waals surface area contributed by atoms with E-state index in [1.54, 1.807) is 0 Å². The first-order valence-corrected chi connectivity index (χ1v) is 10.7. The lowest BCUT2D eigenvalue weighted by Gasteiger charge is -2.34. The molecule has 2 unspecified atom stereocenters. The van der Waals surface area contributed by atoms with Crippen molar-refractivity contribution >= 4 is 22.9 Å². The van der Waals surface area contributed by atoms with Crippen molar-refractivity contribution in [2.24, 2.45) is 11.8 Å². The van der Waals surface area contributed by atoms with Crippen molar-refractivity contribution < 1.29 is 9.90 Å². The molecule has 1 heterocycles. The minimum absolute atomic E-state index is 0.161. The van der Waals surface area contributed by atoms with Crippen LogP contribution in [0.5, 0.6) is 0 Å². The molecule has 2 atom stereocenters. The third kappa shape index (κ3) is 6.15. The molecular weight excluding hydrogens is 386 g/mol. The van der Waals surface area contributed by atoms with Gasteiger partial charge in [0.05, 0.1) is 17.3 Å². The van der Waals surface area contributed by atoms with E-state index in [9.17, 15) is 9.90 Å². The number of hydrogen-bond donors (Lipinski definition) is 3. The monoisotopic (exact) mass is 417 g/mol. The van der Waals surface area contributed by atoms with Crippen molar-refractivity contribution in [3.63, 3.8) is 0 Å². The van der Waals surface area contributed by atoms with Crippen LogP contribution in [0.3, 0.4) is 0 Å². The van der Waals surface area contributed by atoms with Gasteiger partial charge in [-0.3, -0.25) is 15.1 Å². The first kappa shape index (κ1) is 22.5. The zero-order valence-corrected chi connectivity index (χ0v) is 18.3. The van der Waals surface area contributed by atoms with Crippen molar-refractivity contribution in [1.29, 1.82) is 5.41 Å². The van der Waals surface area contributed by atoms with Crippen LogP contribution in [0, 0.1) is 17.2 Å². The number of carboxylic acid groups (broad SMARTS) is 1. The van der Waals surface area contributed by atoms with Crippen LogP contribution in [0.4, 0.5) is 5.69 Å².